The van der Waals surface area contributed by atoms with Gasteiger partial charge in [0.2, 0.25) is 5.75 Å². The third-order valence-electron chi connectivity index (χ3n) is 21.4. The standard InChI is InChI=1S/C30H27ClFN3OS.C30H26F3N3OS.C29H34N2O6.C23H29NO4/c1-20-13-14-21(28(31)17-20)15-16-33-29(36)27-12-5-4-11-26(27)25-10-3-2-7-22(25)19-34-30(37)35-24-9-6-8-23(32)18-24;1-30(32,33)22-10-6-8-20(16-22)18-34-28(37)27-15-5-4-14-26(27)25-13-3-2-9-21(25)19-35-29(38)36-24-12-7-11-23(31)17-24;1-29(2,3)37-28(33)31-18-20-11-7-8-12-21(20)22-13-9-10-14-23(22)27(32)30-17-19-15-24(34-4)26(36-6)25(16-19)35-5;1-23(2,3)28-22(26)24-16-17-10-5-6-11-18(17)19-12-7-8-13-20(19)21(25)14-9-15-27-4/h2-14,17-18H,15-16,19H2,1H3,(H,33,36)(H2,34,35,37);2-17H,18-19H2,1H3,(H,34,37)(H2,35,36,38);7-16H,17-18H2,1-6H3,(H,30,32)(H,31,33);5-8,10-13H,9,14-16H2,1-4H3,(H,24,26). The van der Waals surface area contributed by atoms with Gasteiger partial charge in [-0.1, -0.05) is 230 Å². The van der Waals surface area contributed by atoms with Gasteiger partial charge in [0.05, 0.1) is 21.3 Å². The number of hydrogen-bond donors (Lipinski definition) is 9. The first kappa shape index (κ1) is 107. The number of rotatable bonds is 33. The van der Waals surface area contributed by atoms with Gasteiger partial charge in [-0.2, -0.15) is 0 Å². The molecule has 28 heteroatoms. The van der Waals surface area contributed by atoms with Gasteiger partial charge in [0.1, 0.15) is 22.8 Å². The lowest BCUT2D eigenvalue weighted by Crippen LogP contribution is -2.32. The number of methoxy groups -OCH3 is 4. The van der Waals surface area contributed by atoms with Crippen LogP contribution in [0.25, 0.3) is 44.5 Å². The first-order chi connectivity index (χ1) is 67.1. The van der Waals surface area contributed by atoms with Gasteiger partial charge < -0.3 is 76.3 Å². The van der Waals surface area contributed by atoms with Gasteiger partial charge in [-0.3, -0.25) is 19.2 Å². The number of hydrogen-bond acceptors (Lipinski definition) is 14. The van der Waals surface area contributed by atoms with Crippen molar-refractivity contribution in [3.8, 4) is 61.8 Å². The van der Waals surface area contributed by atoms with E-state index in [-0.39, 0.29) is 60.3 Å². The Morgan fingerprint density at radius 2 is 0.736 bits per heavy atom. The van der Waals surface area contributed by atoms with E-state index in [2.05, 4.69) is 47.9 Å². The number of benzene rings is 13. The van der Waals surface area contributed by atoms with E-state index >= 15 is 0 Å². The van der Waals surface area contributed by atoms with Gasteiger partial charge in [0.25, 0.3) is 23.6 Å². The highest BCUT2D eigenvalue weighted by atomic mass is 35.5. The molecule has 0 unspecified atom stereocenters. The minimum atomic E-state index is -2.96. The van der Waals surface area contributed by atoms with Crippen molar-refractivity contribution in [2.45, 2.75) is 131 Å². The Morgan fingerprint density at radius 3 is 1.12 bits per heavy atom. The number of ketones is 1. The van der Waals surface area contributed by atoms with Crippen LogP contribution in [-0.4, -0.2) is 98.7 Å². The van der Waals surface area contributed by atoms with Gasteiger partial charge >= 0.3 is 12.2 Å². The summed E-state index contributed by atoms with van der Waals surface area (Å²) < 4.78 is 86.2. The zero-order chi connectivity index (χ0) is 101. The molecule has 0 heterocycles. The molecule has 21 nitrogen and oxygen atoms in total. The minimum Gasteiger partial charge on any atom is -0.493 e. The van der Waals surface area contributed by atoms with E-state index < -0.39 is 29.3 Å². The van der Waals surface area contributed by atoms with Gasteiger partial charge in [0.15, 0.2) is 27.5 Å². The van der Waals surface area contributed by atoms with Crippen LogP contribution in [-0.2, 0) is 65.8 Å². The lowest BCUT2D eigenvalue weighted by molar-refractivity contribution is 0.0173. The molecular weight excluding hydrogens is 1840 g/mol. The molecule has 9 N–H and O–H groups in total. The van der Waals surface area contributed by atoms with Crippen LogP contribution in [0.15, 0.2) is 297 Å². The van der Waals surface area contributed by atoms with Crippen LogP contribution in [0.4, 0.5) is 38.5 Å². The highest BCUT2D eigenvalue weighted by Gasteiger charge is 2.27. The summed E-state index contributed by atoms with van der Waals surface area (Å²) in [5.74, 6) is -2.77. The average molecular weight is 1960 g/mol. The molecule has 0 saturated heterocycles. The normalized spacial score (nSPS) is 10.9. The average Bonchev–Trinajstić information content (AvgIpc) is 0.815. The maximum Gasteiger partial charge on any atom is 0.407 e. The van der Waals surface area contributed by atoms with E-state index in [1.165, 1.54) is 36.4 Å². The number of alkyl halides is 2. The molecule has 140 heavy (non-hydrogen) atoms. The predicted octanol–water partition coefficient (Wildman–Crippen LogP) is 24.3. The second kappa shape index (κ2) is 52.7. The summed E-state index contributed by atoms with van der Waals surface area (Å²) in [6, 6.07) is 88.2. The maximum absolute atomic E-state index is 13.7. The molecule has 5 amide bonds. The van der Waals surface area contributed by atoms with Gasteiger partial charge in [-0.15, -0.1) is 0 Å². The van der Waals surface area contributed by atoms with E-state index in [9.17, 15) is 46.3 Å². The Labute approximate surface area is 831 Å². The monoisotopic (exact) mass is 1950 g/mol. The SMILES string of the molecule is CC(F)(F)c1cccc(CNC(=O)c2ccccc2-c2ccccc2CNC(=S)Nc2cccc(F)c2)c1.COCCCC(=O)c1ccccc1-c1ccccc1CNC(=O)OC(C)(C)C.COc1cc(CNC(=O)c2ccccc2-c2ccccc2CNC(=O)OC(C)(C)C)cc(OC)c1OC.Cc1ccc(CCNC(=O)c2ccccc2-c2ccccc2CNC(=S)Nc2cccc(F)c2)c(Cl)c1. The number of ether oxygens (including phenoxy) is 6. The molecule has 0 bridgehead atoms. The van der Waals surface area contributed by atoms with E-state index in [1.807, 2.05) is 243 Å². The molecular formula is C112H116ClF4N9O12S2. The number of nitrogens with one attached hydrogen (secondary N) is 9. The molecule has 13 aromatic rings. The van der Waals surface area contributed by atoms with Gasteiger partial charge in [-0.05, 0) is 254 Å². The van der Waals surface area contributed by atoms with Crippen molar-refractivity contribution >= 4 is 93.3 Å². The summed E-state index contributed by atoms with van der Waals surface area (Å²) in [7, 11) is 6.27. The number of carbonyl (C=O) groups is 6. The summed E-state index contributed by atoms with van der Waals surface area (Å²) in [5, 5.41) is 28.1. The Balaban J connectivity index is 0.000000193. The zero-order valence-electron chi connectivity index (χ0n) is 80.2. The van der Waals surface area contributed by atoms with Crippen molar-refractivity contribution in [2.24, 2.45) is 0 Å². The molecule has 0 radical (unpaired) electrons. The van der Waals surface area contributed by atoms with Crippen molar-refractivity contribution in [3.63, 3.8) is 0 Å². The van der Waals surface area contributed by atoms with Crippen LogP contribution >= 0.6 is 36.0 Å². The Kier molecular flexibility index (Phi) is 40.4. The number of anilines is 2. The number of alkyl carbamates (subject to hydrolysis) is 2. The molecule has 0 spiro atoms. The van der Waals surface area contributed by atoms with Crippen LogP contribution < -0.4 is 62.1 Å². The fraction of sp³-hybridized carbons (Fsp3) is 0.232. The Bertz CT molecular complexity index is 6440. The van der Waals surface area contributed by atoms with Crippen molar-refractivity contribution in [1.82, 2.24) is 37.2 Å². The molecule has 13 rings (SSSR count). The first-order valence-electron chi connectivity index (χ1n) is 45.2. The topological polar surface area (TPSA) is 266 Å². The number of aryl methyl sites for hydroxylation is 1. The molecule has 0 fully saturated rings. The van der Waals surface area contributed by atoms with Crippen LogP contribution in [0.3, 0.4) is 0 Å². The summed E-state index contributed by atoms with van der Waals surface area (Å²) in [5.41, 5.74) is 15.9. The molecule has 0 aromatic heterocycles. The molecule has 13 aromatic carbocycles. The van der Waals surface area contributed by atoms with Crippen molar-refractivity contribution < 1.29 is 74.8 Å². The Morgan fingerprint density at radius 1 is 0.364 bits per heavy atom. The van der Waals surface area contributed by atoms with Crippen molar-refractivity contribution in [1.29, 1.82) is 0 Å². The number of thiocarbonyl (C=S) groups is 2. The highest BCUT2D eigenvalue weighted by Crippen LogP contribution is 2.40. The third kappa shape index (κ3) is 33.3. The Hall–Kier alpha value is -14.8. The molecule has 0 saturated carbocycles. The fourth-order valence-corrected chi connectivity index (χ4v) is 15.5. The summed E-state index contributed by atoms with van der Waals surface area (Å²) >= 11 is 17.1. The number of halogens is 5. The van der Waals surface area contributed by atoms with Crippen molar-refractivity contribution in [2.75, 3.05) is 52.2 Å². The van der Waals surface area contributed by atoms with Crippen LogP contribution in [0.2, 0.25) is 5.02 Å². The van der Waals surface area contributed by atoms with Crippen LogP contribution in [0, 0.1) is 18.6 Å². The molecule has 0 aliphatic rings. The predicted molar refractivity (Wildman–Crippen MR) is 555 cm³/mol. The number of amides is 5. The molecule has 728 valence electrons. The van der Waals surface area contributed by atoms with Crippen molar-refractivity contribution in [3.05, 3.63) is 386 Å². The van der Waals surface area contributed by atoms with E-state index in [4.69, 9.17) is 64.5 Å². The van der Waals surface area contributed by atoms with Gasteiger partial charge in [0, 0.05) is 117 Å². The molecule has 0 atom stereocenters. The van der Waals surface area contributed by atoms with E-state index in [1.54, 1.807) is 95.2 Å². The first-order valence-corrected chi connectivity index (χ1v) is 46.4. The lowest BCUT2D eigenvalue weighted by Gasteiger charge is -2.20. The smallest absolute Gasteiger partial charge is 0.407 e. The zero-order valence-corrected chi connectivity index (χ0v) is 82.6. The lowest BCUT2D eigenvalue weighted by atomic mass is 9.92. The summed E-state index contributed by atoms with van der Waals surface area (Å²) in [6.45, 7) is 16.5. The third-order valence-corrected chi connectivity index (χ3v) is 22.2. The number of carbonyl (C=O) groups excluding carboxylic acids is 6. The second-order valence-electron chi connectivity index (χ2n) is 34.3. The van der Waals surface area contributed by atoms with Crippen LogP contribution in [0.5, 0.6) is 17.2 Å². The number of Topliss-reactive ketones (excluding diaryl/α,β-unsaturated/α-hetero) is 1. The summed E-state index contributed by atoms with van der Waals surface area (Å²) in [6.07, 6.45) is 0.794. The largest absolute Gasteiger partial charge is 0.493 e. The fourth-order valence-electron chi connectivity index (χ4n) is 14.8. The molecule has 0 aliphatic carbocycles. The summed E-state index contributed by atoms with van der Waals surface area (Å²) in [4.78, 5) is 76.5. The van der Waals surface area contributed by atoms with E-state index in [0.29, 0.717) is 124 Å². The van der Waals surface area contributed by atoms with Crippen LogP contribution in [0.1, 0.15) is 153 Å². The minimum absolute atomic E-state index is 0.0857. The second-order valence-corrected chi connectivity index (χ2v) is 35.5. The van der Waals surface area contributed by atoms with Gasteiger partial charge in [-0.25, -0.2) is 27.2 Å². The molecule has 0 aliphatic heterocycles. The quantitative estimate of drug-likeness (QED) is 0.00801. The highest BCUT2D eigenvalue weighted by molar-refractivity contribution is 7.80. The maximum atomic E-state index is 13.7. The van der Waals surface area contributed by atoms with E-state index in [0.717, 1.165) is 90.4 Å².